The van der Waals surface area contributed by atoms with E-state index in [1.165, 1.54) is 0 Å². The quantitative estimate of drug-likeness (QED) is 0.870. The highest BCUT2D eigenvalue weighted by molar-refractivity contribution is 7.98. The Morgan fingerprint density at radius 1 is 1.47 bits per heavy atom. The minimum absolute atomic E-state index is 0.671. The second-order valence-electron chi connectivity index (χ2n) is 3.70. The van der Waals surface area contributed by atoms with Crippen molar-refractivity contribution in [2.24, 2.45) is 7.05 Å². The molecule has 0 aliphatic heterocycles. The molecule has 2 aromatic heterocycles. The van der Waals surface area contributed by atoms with Crippen molar-refractivity contribution in [1.82, 2.24) is 14.8 Å². The lowest BCUT2D eigenvalue weighted by Gasteiger charge is -2.01. The number of halogens is 1. The summed E-state index contributed by atoms with van der Waals surface area (Å²) in [5.74, 6) is 0.759. The predicted molar refractivity (Wildman–Crippen MR) is 71.2 cm³/mol. The Kier molecular flexibility index (Phi) is 3.59. The van der Waals surface area contributed by atoms with Crippen LogP contribution in [0.1, 0.15) is 11.3 Å². The molecule has 0 aliphatic carbocycles. The van der Waals surface area contributed by atoms with Crippen LogP contribution in [-0.2, 0) is 12.8 Å². The van der Waals surface area contributed by atoms with Crippen molar-refractivity contribution >= 4 is 29.1 Å². The summed E-state index contributed by atoms with van der Waals surface area (Å²) in [6.07, 6.45) is 1.65. The van der Waals surface area contributed by atoms with E-state index in [9.17, 15) is 0 Å². The molecule has 0 atom stereocenters. The van der Waals surface area contributed by atoms with Gasteiger partial charge in [0.2, 0.25) is 0 Å². The van der Waals surface area contributed by atoms with Gasteiger partial charge in [0.25, 0.3) is 0 Å². The molecule has 2 heterocycles. The van der Waals surface area contributed by atoms with Gasteiger partial charge in [-0.3, -0.25) is 4.68 Å². The number of rotatable bonds is 3. The van der Waals surface area contributed by atoms with Gasteiger partial charge in [-0.2, -0.15) is 5.10 Å². The highest BCUT2D eigenvalue weighted by Gasteiger charge is 2.11. The number of hydrogen-bond acceptors (Lipinski definition) is 4. The number of anilines is 1. The smallest absolute Gasteiger partial charge is 0.131 e. The molecule has 0 amide bonds. The van der Waals surface area contributed by atoms with Gasteiger partial charge in [0.15, 0.2) is 0 Å². The molecule has 0 unspecified atom stereocenters. The average molecular weight is 269 g/mol. The van der Waals surface area contributed by atoms with Crippen LogP contribution in [0.4, 0.5) is 5.69 Å². The third-order valence-electron chi connectivity index (χ3n) is 2.39. The molecule has 0 fully saturated rings. The maximum absolute atomic E-state index is 6.15. The maximum atomic E-state index is 6.15. The Bertz CT molecular complexity index is 521. The van der Waals surface area contributed by atoms with Gasteiger partial charge >= 0.3 is 0 Å². The molecular weight excluding hydrogens is 256 g/mol. The fraction of sp³-hybridized carbons (Fsp3) is 0.273. The van der Waals surface area contributed by atoms with Gasteiger partial charge in [-0.15, -0.1) is 11.8 Å². The molecule has 0 aliphatic rings. The number of pyridine rings is 1. The lowest BCUT2D eigenvalue weighted by atomic mass is 10.3. The molecule has 0 bridgehead atoms. The molecule has 6 heteroatoms. The van der Waals surface area contributed by atoms with Gasteiger partial charge in [0, 0.05) is 18.4 Å². The summed E-state index contributed by atoms with van der Waals surface area (Å²) in [4.78, 5) is 4.23. The minimum Gasteiger partial charge on any atom is -0.397 e. The molecule has 0 aromatic carbocycles. The minimum atomic E-state index is 0.671. The predicted octanol–water partition coefficient (Wildman–Crippen LogP) is 2.65. The van der Waals surface area contributed by atoms with Crippen molar-refractivity contribution in [2.75, 3.05) is 5.73 Å². The second kappa shape index (κ2) is 4.98. The first-order valence-corrected chi connectivity index (χ1v) is 6.46. The van der Waals surface area contributed by atoms with E-state index in [0.29, 0.717) is 10.8 Å². The number of nitrogens with two attached hydrogens (primary N) is 1. The van der Waals surface area contributed by atoms with E-state index < -0.39 is 0 Å². The lowest BCUT2D eigenvalue weighted by molar-refractivity contribution is 0.757. The molecule has 2 aromatic rings. The molecular formula is C11H13ClN4S. The van der Waals surface area contributed by atoms with Gasteiger partial charge in [0.1, 0.15) is 5.15 Å². The van der Waals surface area contributed by atoms with E-state index in [2.05, 4.69) is 10.1 Å². The maximum Gasteiger partial charge on any atom is 0.131 e. The van der Waals surface area contributed by atoms with E-state index in [4.69, 9.17) is 17.3 Å². The number of aromatic nitrogens is 3. The number of nitrogens with zero attached hydrogens (tertiary/aromatic N) is 3. The molecule has 0 saturated heterocycles. The average Bonchev–Trinajstić information content (AvgIpc) is 2.54. The van der Waals surface area contributed by atoms with Gasteiger partial charge in [0.05, 0.1) is 22.6 Å². The van der Waals surface area contributed by atoms with Gasteiger partial charge < -0.3 is 5.73 Å². The molecule has 0 spiro atoms. The number of nitrogen functional groups attached to an aromatic ring is 1. The van der Waals surface area contributed by atoms with Crippen LogP contribution in [0.5, 0.6) is 0 Å². The molecule has 0 radical (unpaired) electrons. The normalized spacial score (nSPS) is 10.8. The molecule has 2 N–H and O–H groups in total. The third-order valence-corrected chi connectivity index (χ3v) is 3.84. The molecule has 90 valence electrons. The van der Waals surface area contributed by atoms with Crippen LogP contribution >= 0.6 is 23.4 Å². The van der Waals surface area contributed by atoms with Crippen molar-refractivity contribution in [3.05, 3.63) is 34.7 Å². The van der Waals surface area contributed by atoms with Crippen molar-refractivity contribution in [1.29, 1.82) is 0 Å². The van der Waals surface area contributed by atoms with Crippen LogP contribution in [-0.4, -0.2) is 14.8 Å². The summed E-state index contributed by atoms with van der Waals surface area (Å²) < 4.78 is 1.68. The van der Waals surface area contributed by atoms with Crippen LogP contribution < -0.4 is 5.73 Å². The topological polar surface area (TPSA) is 56.7 Å². The largest absolute Gasteiger partial charge is 0.397 e. The monoisotopic (exact) mass is 268 g/mol. The summed E-state index contributed by atoms with van der Waals surface area (Å²) in [6.45, 7) is 1.96. The third kappa shape index (κ3) is 2.73. The van der Waals surface area contributed by atoms with Crippen molar-refractivity contribution in [3.63, 3.8) is 0 Å². The zero-order valence-corrected chi connectivity index (χ0v) is 11.2. The summed E-state index contributed by atoms with van der Waals surface area (Å²) in [7, 11) is 1.84. The zero-order chi connectivity index (χ0) is 12.4. The Labute approximate surface area is 109 Å². The lowest BCUT2D eigenvalue weighted by Crippen LogP contribution is -1.89. The Morgan fingerprint density at radius 2 is 2.24 bits per heavy atom. The second-order valence-corrected chi connectivity index (χ2v) is 5.05. The number of aryl methyl sites for hydroxylation is 2. The van der Waals surface area contributed by atoms with E-state index in [1.807, 2.05) is 26.1 Å². The summed E-state index contributed by atoms with van der Waals surface area (Å²) in [6, 6.07) is 3.74. The van der Waals surface area contributed by atoms with Gasteiger partial charge in [-0.05, 0) is 19.1 Å². The first-order chi connectivity index (χ1) is 8.08. The molecule has 0 saturated carbocycles. The van der Waals surface area contributed by atoms with E-state index >= 15 is 0 Å². The Morgan fingerprint density at radius 3 is 2.76 bits per heavy atom. The van der Waals surface area contributed by atoms with Crippen molar-refractivity contribution < 1.29 is 0 Å². The van der Waals surface area contributed by atoms with Crippen LogP contribution in [0.2, 0.25) is 5.15 Å². The van der Waals surface area contributed by atoms with Crippen LogP contribution in [0.15, 0.2) is 23.4 Å². The van der Waals surface area contributed by atoms with Crippen molar-refractivity contribution in [2.45, 2.75) is 17.7 Å². The zero-order valence-electron chi connectivity index (χ0n) is 9.64. The molecule has 17 heavy (non-hydrogen) atoms. The molecule has 2 rings (SSSR count). The van der Waals surface area contributed by atoms with E-state index in [-0.39, 0.29) is 0 Å². The first-order valence-electron chi connectivity index (χ1n) is 5.10. The van der Waals surface area contributed by atoms with Gasteiger partial charge in [-0.25, -0.2) is 4.98 Å². The van der Waals surface area contributed by atoms with Crippen LogP contribution in [0.3, 0.4) is 0 Å². The Hall–Kier alpha value is -1.20. The molecule has 4 nitrogen and oxygen atoms in total. The fourth-order valence-electron chi connectivity index (χ4n) is 1.46. The van der Waals surface area contributed by atoms with Gasteiger partial charge in [-0.1, -0.05) is 11.6 Å². The highest BCUT2D eigenvalue weighted by Crippen LogP contribution is 2.27. The van der Waals surface area contributed by atoms with Crippen LogP contribution in [0.25, 0.3) is 0 Å². The van der Waals surface area contributed by atoms with E-state index in [0.717, 1.165) is 22.0 Å². The summed E-state index contributed by atoms with van der Waals surface area (Å²) in [5.41, 5.74) is 8.26. The number of hydrogen-bond donors (Lipinski definition) is 1. The van der Waals surface area contributed by atoms with E-state index in [1.54, 1.807) is 22.6 Å². The first kappa shape index (κ1) is 12.3. The highest BCUT2D eigenvalue weighted by atomic mass is 35.5. The standard InChI is InChI=1S/C11H13ClN4S/c1-7-9(11(12)16(2)15-7)6-17-10-4-3-8(13)5-14-10/h3-5H,6,13H2,1-2H3. The van der Waals surface area contributed by atoms with Crippen LogP contribution in [0, 0.1) is 6.92 Å². The SMILES string of the molecule is Cc1nn(C)c(Cl)c1CSc1ccc(N)cn1. The summed E-state index contributed by atoms with van der Waals surface area (Å²) >= 11 is 7.77. The fourth-order valence-corrected chi connectivity index (χ4v) is 2.71. The van der Waals surface area contributed by atoms with Crippen molar-refractivity contribution in [3.8, 4) is 0 Å². The Balaban J connectivity index is 2.09. The summed E-state index contributed by atoms with van der Waals surface area (Å²) in [5, 5.41) is 5.88. The number of thioether (sulfide) groups is 1.